The third kappa shape index (κ3) is 4.70. The number of hydrogen-bond donors (Lipinski definition) is 2. The van der Waals surface area contributed by atoms with Gasteiger partial charge in [-0.15, -0.1) is 0 Å². The molecule has 0 aliphatic rings. The molecule has 0 spiro atoms. The molecule has 0 fully saturated rings. The highest BCUT2D eigenvalue weighted by molar-refractivity contribution is 6.03. The van der Waals surface area contributed by atoms with Gasteiger partial charge in [-0.3, -0.25) is 4.79 Å². The molecule has 3 rings (SSSR count). The number of aryl methyl sites for hydroxylation is 2. The number of nitrogens with zero attached hydrogens (tertiary/aromatic N) is 2. The second-order valence-electron chi connectivity index (χ2n) is 6.94. The topological polar surface area (TPSA) is 66.9 Å². The van der Waals surface area contributed by atoms with Crippen LogP contribution >= 0.6 is 0 Å². The molecule has 2 N–H and O–H groups in total. The van der Waals surface area contributed by atoms with E-state index in [1.807, 2.05) is 44.2 Å². The van der Waals surface area contributed by atoms with Crippen molar-refractivity contribution in [2.45, 2.75) is 33.6 Å². The molecule has 0 saturated heterocycles. The average Bonchev–Trinajstić information content (AvgIpc) is 2.64. The molecule has 1 amide bonds. The highest BCUT2D eigenvalue weighted by atomic mass is 16.1. The van der Waals surface area contributed by atoms with Crippen molar-refractivity contribution in [2.24, 2.45) is 0 Å². The molecule has 0 atom stereocenters. The molecular formula is C22H24N4O. The van der Waals surface area contributed by atoms with Gasteiger partial charge in [0.1, 0.15) is 5.69 Å². The van der Waals surface area contributed by atoms with E-state index in [4.69, 9.17) is 0 Å². The largest absolute Gasteiger partial charge is 0.324 e. The first-order chi connectivity index (χ1) is 12.9. The molecule has 3 aromatic rings. The maximum atomic E-state index is 12.5. The van der Waals surface area contributed by atoms with Crippen molar-refractivity contribution >= 4 is 23.2 Å². The van der Waals surface area contributed by atoms with E-state index >= 15 is 0 Å². The summed E-state index contributed by atoms with van der Waals surface area (Å²) in [6.07, 6.45) is 1.58. The number of carbonyl (C=O) groups excluding carboxylic acids is 1. The zero-order valence-electron chi connectivity index (χ0n) is 16.1. The number of anilines is 3. The van der Waals surface area contributed by atoms with Crippen molar-refractivity contribution in [2.75, 3.05) is 10.6 Å². The normalized spacial score (nSPS) is 10.7. The Balaban J connectivity index is 1.73. The Morgan fingerprint density at radius 2 is 1.74 bits per heavy atom. The number of nitrogens with one attached hydrogen (secondary N) is 2. The lowest BCUT2D eigenvalue weighted by Crippen LogP contribution is -2.15. The van der Waals surface area contributed by atoms with Crippen LogP contribution in [0, 0.1) is 13.8 Å². The van der Waals surface area contributed by atoms with Crippen LogP contribution in [-0.4, -0.2) is 15.9 Å². The first kappa shape index (κ1) is 18.6. The molecule has 27 heavy (non-hydrogen) atoms. The van der Waals surface area contributed by atoms with E-state index in [2.05, 4.69) is 46.6 Å². The summed E-state index contributed by atoms with van der Waals surface area (Å²) in [5, 5.41) is 6.05. The number of benzene rings is 2. The Morgan fingerprint density at radius 3 is 2.41 bits per heavy atom. The highest BCUT2D eigenvalue weighted by Crippen LogP contribution is 2.20. The molecule has 0 radical (unpaired) electrons. The molecule has 2 aromatic carbocycles. The second-order valence-corrected chi connectivity index (χ2v) is 6.94. The lowest BCUT2D eigenvalue weighted by molar-refractivity contribution is 0.102. The predicted octanol–water partition coefficient (Wildman–Crippen LogP) is 5.21. The summed E-state index contributed by atoms with van der Waals surface area (Å²) < 4.78 is 0. The molecule has 5 nitrogen and oxygen atoms in total. The Morgan fingerprint density at radius 1 is 1.00 bits per heavy atom. The third-order valence-corrected chi connectivity index (χ3v) is 4.35. The predicted molar refractivity (Wildman–Crippen MR) is 110 cm³/mol. The lowest BCUT2D eigenvalue weighted by atomic mass is 10.0. The Bertz CT molecular complexity index is 949. The summed E-state index contributed by atoms with van der Waals surface area (Å²) in [5.74, 6) is 0.607. The average molecular weight is 360 g/mol. The van der Waals surface area contributed by atoms with Crippen LogP contribution in [0.1, 0.15) is 46.9 Å². The van der Waals surface area contributed by atoms with E-state index in [1.165, 1.54) is 5.56 Å². The first-order valence-corrected chi connectivity index (χ1v) is 9.01. The van der Waals surface area contributed by atoms with Crippen LogP contribution < -0.4 is 10.6 Å². The minimum Gasteiger partial charge on any atom is -0.324 e. The molecule has 0 aliphatic carbocycles. The van der Waals surface area contributed by atoms with Crippen molar-refractivity contribution in [3.63, 3.8) is 0 Å². The molecule has 1 aromatic heterocycles. The van der Waals surface area contributed by atoms with Gasteiger partial charge >= 0.3 is 0 Å². The Kier molecular flexibility index (Phi) is 5.50. The lowest BCUT2D eigenvalue weighted by Gasteiger charge is -2.10. The smallest absolute Gasteiger partial charge is 0.274 e. The Labute approximate surface area is 159 Å². The zero-order chi connectivity index (χ0) is 19.4. The van der Waals surface area contributed by atoms with Gasteiger partial charge < -0.3 is 10.6 Å². The van der Waals surface area contributed by atoms with Gasteiger partial charge in [0, 0.05) is 17.6 Å². The van der Waals surface area contributed by atoms with E-state index in [0.717, 1.165) is 22.5 Å². The highest BCUT2D eigenvalue weighted by Gasteiger charge is 2.11. The van der Waals surface area contributed by atoms with Crippen LogP contribution in [0.15, 0.2) is 54.7 Å². The summed E-state index contributed by atoms with van der Waals surface area (Å²) in [6.45, 7) is 8.30. The molecule has 138 valence electrons. The van der Waals surface area contributed by atoms with Crippen molar-refractivity contribution in [3.8, 4) is 0 Å². The van der Waals surface area contributed by atoms with E-state index in [9.17, 15) is 4.79 Å². The van der Waals surface area contributed by atoms with Crippen LogP contribution in [-0.2, 0) is 0 Å². The van der Waals surface area contributed by atoms with Crippen LogP contribution in [0.5, 0.6) is 0 Å². The van der Waals surface area contributed by atoms with E-state index in [1.54, 1.807) is 12.3 Å². The maximum Gasteiger partial charge on any atom is 0.274 e. The standard InChI is InChI=1S/C22H24N4O/c1-14(2)17-6-8-18(9-7-17)24-22-23-12-11-20(26-22)21(27)25-19-10-5-15(3)13-16(19)4/h5-14H,1-4H3,(H,25,27)(H,23,24,26). The number of rotatable bonds is 5. The maximum absolute atomic E-state index is 12.5. The van der Waals surface area contributed by atoms with Crippen LogP contribution in [0.25, 0.3) is 0 Å². The number of amides is 1. The van der Waals surface area contributed by atoms with Crippen molar-refractivity contribution < 1.29 is 4.79 Å². The van der Waals surface area contributed by atoms with Gasteiger partial charge in [-0.05, 0) is 55.2 Å². The Hall–Kier alpha value is -3.21. The van der Waals surface area contributed by atoms with Crippen LogP contribution in [0.3, 0.4) is 0 Å². The van der Waals surface area contributed by atoms with E-state index in [-0.39, 0.29) is 5.91 Å². The number of carbonyl (C=O) groups is 1. The van der Waals surface area contributed by atoms with Gasteiger partial charge in [0.2, 0.25) is 5.95 Å². The summed E-state index contributed by atoms with van der Waals surface area (Å²) in [7, 11) is 0. The summed E-state index contributed by atoms with van der Waals surface area (Å²) >= 11 is 0. The minimum absolute atomic E-state index is 0.262. The van der Waals surface area contributed by atoms with Gasteiger partial charge in [0.15, 0.2) is 0 Å². The molecule has 0 saturated carbocycles. The van der Waals surface area contributed by atoms with Gasteiger partial charge in [0.05, 0.1) is 0 Å². The fourth-order valence-electron chi connectivity index (χ4n) is 2.77. The molecule has 0 bridgehead atoms. The third-order valence-electron chi connectivity index (χ3n) is 4.35. The van der Waals surface area contributed by atoms with Crippen molar-refractivity contribution in [3.05, 3.63) is 77.1 Å². The molecule has 1 heterocycles. The molecule has 0 aliphatic heterocycles. The second kappa shape index (κ2) is 7.99. The van der Waals surface area contributed by atoms with E-state index in [0.29, 0.717) is 17.6 Å². The fraction of sp³-hybridized carbons (Fsp3) is 0.227. The monoisotopic (exact) mass is 360 g/mol. The van der Waals surface area contributed by atoms with Gasteiger partial charge in [0.25, 0.3) is 5.91 Å². The van der Waals surface area contributed by atoms with Gasteiger partial charge in [-0.1, -0.05) is 43.7 Å². The first-order valence-electron chi connectivity index (χ1n) is 9.01. The molecule has 5 heteroatoms. The van der Waals surface area contributed by atoms with Gasteiger partial charge in [-0.2, -0.15) is 0 Å². The SMILES string of the molecule is Cc1ccc(NC(=O)c2ccnc(Nc3ccc(C(C)C)cc3)n2)c(C)c1. The quantitative estimate of drug-likeness (QED) is 0.655. The number of aromatic nitrogens is 2. The van der Waals surface area contributed by atoms with Gasteiger partial charge in [-0.25, -0.2) is 9.97 Å². The zero-order valence-corrected chi connectivity index (χ0v) is 16.1. The molecule has 0 unspecified atom stereocenters. The summed E-state index contributed by atoms with van der Waals surface area (Å²) in [4.78, 5) is 21.1. The number of hydrogen-bond acceptors (Lipinski definition) is 4. The van der Waals surface area contributed by atoms with Crippen molar-refractivity contribution in [1.29, 1.82) is 0 Å². The summed E-state index contributed by atoms with van der Waals surface area (Å²) in [5.41, 5.74) is 5.41. The van der Waals surface area contributed by atoms with E-state index < -0.39 is 0 Å². The van der Waals surface area contributed by atoms with Crippen LogP contribution in [0.2, 0.25) is 0 Å². The minimum atomic E-state index is -0.262. The summed E-state index contributed by atoms with van der Waals surface area (Å²) in [6, 6.07) is 15.6. The molecular weight excluding hydrogens is 336 g/mol. The fourth-order valence-corrected chi connectivity index (χ4v) is 2.77. The van der Waals surface area contributed by atoms with Crippen molar-refractivity contribution in [1.82, 2.24) is 9.97 Å². The van der Waals surface area contributed by atoms with Crippen LogP contribution in [0.4, 0.5) is 17.3 Å².